The second kappa shape index (κ2) is 6.49. The van der Waals surface area contributed by atoms with E-state index < -0.39 is 0 Å². The highest BCUT2D eigenvalue weighted by atomic mass is 79.9. The molecule has 0 aliphatic heterocycles. The van der Waals surface area contributed by atoms with Crippen molar-refractivity contribution in [2.75, 3.05) is 14.2 Å². The van der Waals surface area contributed by atoms with Crippen molar-refractivity contribution in [1.29, 1.82) is 0 Å². The number of benzene rings is 2. The lowest BCUT2D eigenvalue weighted by Gasteiger charge is -2.10. The van der Waals surface area contributed by atoms with Gasteiger partial charge >= 0.3 is 0 Å². The highest BCUT2D eigenvalue weighted by Crippen LogP contribution is 2.38. The van der Waals surface area contributed by atoms with Gasteiger partial charge in [0, 0.05) is 0 Å². The van der Waals surface area contributed by atoms with E-state index in [0.717, 1.165) is 0 Å². The molecular weight excluding hydrogens is 444 g/mol. The number of aromatic hydroxyl groups is 1. The van der Waals surface area contributed by atoms with E-state index in [4.69, 9.17) is 13.9 Å². The van der Waals surface area contributed by atoms with Gasteiger partial charge in [0.25, 0.3) is 0 Å². The quantitative estimate of drug-likeness (QED) is 0.619. The second-order valence-corrected chi connectivity index (χ2v) is 6.65. The second-order valence-electron chi connectivity index (χ2n) is 4.95. The number of hydrogen-bond donors (Lipinski definition) is 1. The van der Waals surface area contributed by atoms with Crippen LogP contribution in [0.4, 0.5) is 0 Å². The van der Waals surface area contributed by atoms with Crippen molar-refractivity contribution in [1.82, 2.24) is 0 Å². The van der Waals surface area contributed by atoms with Gasteiger partial charge < -0.3 is 19.0 Å². The average molecular weight is 456 g/mol. The molecule has 3 rings (SSSR count). The van der Waals surface area contributed by atoms with Crippen molar-refractivity contribution < 1.29 is 19.0 Å². The van der Waals surface area contributed by atoms with E-state index in [-0.39, 0.29) is 22.5 Å². The first-order chi connectivity index (χ1) is 11.5. The lowest BCUT2D eigenvalue weighted by molar-refractivity contribution is 0.370. The Kier molecular flexibility index (Phi) is 4.56. The first-order valence-electron chi connectivity index (χ1n) is 6.82. The van der Waals surface area contributed by atoms with Gasteiger partial charge in [0.05, 0.1) is 34.1 Å². The number of ether oxygens (including phenoxy) is 2. The van der Waals surface area contributed by atoms with Gasteiger partial charge in [-0.15, -0.1) is 0 Å². The Hall–Kier alpha value is -1.99. The highest BCUT2D eigenvalue weighted by Gasteiger charge is 2.17. The van der Waals surface area contributed by atoms with Crippen LogP contribution in [0.25, 0.3) is 22.1 Å². The number of halogens is 2. The summed E-state index contributed by atoms with van der Waals surface area (Å²) in [6.07, 6.45) is 1.35. The molecule has 5 nitrogen and oxygen atoms in total. The van der Waals surface area contributed by atoms with Gasteiger partial charge in [0.15, 0.2) is 11.3 Å². The topological polar surface area (TPSA) is 68.9 Å². The largest absolute Gasteiger partial charge is 0.504 e. The number of phenols is 1. The van der Waals surface area contributed by atoms with Crippen LogP contribution in [0.3, 0.4) is 0 Å². The van der Waals surface area contributed by atoms with Gasteiger partial charge in [0.1, 0.15) is 12.0 Å². The maximum atomic E-state index is 12.8. The summed E-state index contributed by atoms with van der Waals surface area (Å²) in [7, 11) is 2.97. The lowest BCUT2D eigenvalue weighted by Crippen LogP contribution is -2.05. The molecule has 1 N–H and O–H groups in total. The van der Waals surface area contributed by atoms with E-state index in [1.54, 1.807) is 19.2 Å². The molecule has 1 aromatic heterocycles. The molecule has 0 spiro atoms. The summed E-state index contributed by atoms with van der Waals surface area (Å²) < 4.78 is 17.4. The number of fused-ring (bicyclic) bond motifs is 1. The fraction of sp³-hybridized carbons (Fsp3) is 0.118. The van der Waals surface area contributed by atoms with Crippen LogP contribution in [-0.4, -0.2) is 19.3 Å². The van der Waals surface area contributed by atoms with E-state index in [0.29, 0.717) is 31.2 Å². The first-order valence-corrected chi connectivity index (χ1v) is 8.41. The SMILES string of the molecule is COc1c(Br)cc(-c2coc3c(OC)c(O)ccc3c2=O)cc1Br. The molecule has 2 aromatic carbocycles. The summed E-state index contributed by atoms with van der Waals surface area (Å²) in [4.78, 5) is 12.8. The van der Waals surface area contributed by atoms with Crippen LogP contribution in [0.5, 0.6) is 17.2 Å². The molecule has 0 saturated heterocycles. The van der Waals surface area contributed by atoms with Gasteiger partial charge in [-0.1, -0.05) is 0 Å². The average Bonchev–Trinajstić information content (AvgIpc) is 2.54. The monoisotopic (exact) mass is 454 g/mol. The minimum Gasteiger partial charge on any atom is -0.504 e. The number of phenolic OH excluding ortho intramolecular Hbond substituents is 1. The molecule has 0 aliphatic rings. The molecule has 1 heterocycles. The molecule has 0 unspecified atom stereocenters. The summed E-state index contributed by atoms with van der Waals surface area (Å²) >= 11 is 6.84. The van der Waals surface area contributed by atoms with Crippen molar-refractivity contribution in [2.24, 2.45) is 0 Å². The molecule has 0 fully saturated rings. The Morgan fingerprint density at radius 3 is 2.25 bits per heavy atom. The van der Waals surface area contributed by atoms with Crippen LogP contribution in [0.15, 0.2) is 48.7 Å². The van der Waals surface area contributed by atoms with Crippen molar-refractivity contribution in [3.63, 3.8) is 0 Å². The summed E-state index contributed by atoms with van der Waals surface area (Å²) in [6, 6.07) is 6.47. The molecule has 3 aromatic rings. The van der Waals surface area contributed by atoms with Gasteiger partial charge in [-0.25, -0.2) is 0 Å². The third kappa shape index (κ3) is 2.67. The normalized spacial score (nSPS) is 10.8. The van der Waals surface area contributed by atoms with Gasteiger partial charge in [0.2, 0.25) is 11.2 Å². The standard InChI is InChI=1S/C17H12Br2O5/c1-22-16-11(18)5-8(6-12(16)19)10-7-24-15-9(14(10)21)3-4-13(20)17(15)23-2/h3-7,20H,1-2H3. The maximum Gasteiger partial charge on any atom is 0.204 e. The Balaban J connectivity index is 2.28. The molecule has 0 atom stereocenters. The molecule has 0 radical (unpaired) electrons. The van der Waals surface area contributed by atoms with Crippen LogP contribution >= 0.6 is 31.9 Å². The molecule has 7 heteroatoms. The summed E-state index contributed by atoms with van der Waals surface area (Å²) in [6.45, 7) is 0. The fourth-order valence-corrected chi connectivity index (χ4v) is 3.98. The van der Waals surface area contributed by atoms with E-state index >= 15 is 0 Å². The van der Waals surface area contributed by atoms with E-state index in [1.807, 2.05) is 0 Å². The molecule has 124 valence electrons. The Morgan fingerprint density at radius 1 is 1.04 bits per heavy atom. The van der Waals surface area contributed by atoms with Crippen molar-refractivity contribution in [2.45, 2.75) is 0 Å². The number of rotatable bonds is 3. The molecule has 0 saturated carbocycles. The molecule has 0 amide bonds. The molecule has 0 aliphatic carbocycles. The Labute approximate surface area is 154 Å². The Morgan fingerprint density at radius 2 is 1.67 bits per heavy atom. The summed E-state index contributed by atoms with van der Waals surface area (Å²) in [5.74, 6) is 0.680. The van der Waals surface area contributed by atoms with Crippen molar-refractivity contribution in [3.8, 4) is 28.4 Å². The van der Waals surface area contributed by atoms with Crippen LogP contribution in [-0.2, 0) is 0 Å². The maximum absolute atomic E-state index is 12.8. The predicted molar refractivity (Wildman–Crippen MR) is 98.1 cm³/mol. The van der Waals surface area contributed by atoms with Crippen LogP contribution in [0.1, 0.15) is 0 Å². The molecular formula is C17H12Br2O5. The highest BCUT2D eigenvalue weighted by molar-refractivity contribution is 9.11. The van der Waals surface area contributed by atoms with Crippen molar-refractivity contribution in [3.05, 3.63) is 49.7 Å². The van der Waals surface area contributed by atoms with Gasteiger partial charge in [-0.05, 0) is 61.7 Å². The van der Waals surface area contributed by atoms with Crippen molar-refractivity contribution >= 4 is 42.8 Å². The summed E-state index contributed by atoms with van der Waals surface area (Å²) in [5.41, 5.74) is 1.04. The third-order valence-electron chi connectivity index (χ3n) is 3.59. The zero-order chi connectivity index (χ0) is 17.4. The van der Waals surface area contributed by atoms with E-state index in [1.165, 1.54) is 25.5 Å². The summed E-state index contributed by atoms with van der Waals surface area (Å²) in [5, 5.41) is 10.1. The fourth-order valence-electron chi connectivity index (χ4n) is 2.47. The van der Waals surface area contributed by atoms with Gasteiger partial charge in [-0.3, -0.25) is 4.79 Å². The zero-order valence-corrected chi connectivity index (χ0v) is 15.9. The third-order valence-corrected chi connectivity index (χ3v) is 4.77. The lowest BCUT2D eigenvalue weighted by atomic mass is 10.1. The minimum absolute atomic E-state index is 0.0872. The smallest absolute Gasteiger partial charge is 0.204 e. The Bertz CT molecular complexity index is 971. The van der Waals surface area contributed by atoms with E-state index in [9.17, 15) is 9.90 Å². The molecule has 24 heavy (non-hydrogen) atoms. The van der Waals surface area contributed by atoms with Crippen LogP contribution in [0.2, 0.25) is 0 Å². The van der Waals surface area contributed by atoms with E-state index in [2.05, 4.69) is 31.9 Å². The van der Waals surface area contributed by atoms with Crippen LogP contribution < -0.4 is 14.9 Å². The molecule has 0 bridgehead atoms. The zero-order valence-electron chi connectivity index (χ0n) is 12.7. The minimum atomic E-state index is -0.224. The van der Waals surface area contributed by atoms with Crippen LogP contribution in [0, 0.1) is 0 Å². The first kappa shape index (κ1) is 16.9. The number of methoxy groups -OCH3 is 2. The van der Waals surface area contributed by atoms with Gasteiger partial charge in [-0.2, -0.15) is 0 Å². The number of hydrogen-bond acceptors (Lipinski definition) is 5. The predicted octanol–water partition coefficient (Wildman–Crippen LogP) is 4.71.